The lowest BCUT2D eigenvalue weighted by molar-refractivity contribution is 0.0160. The molecule has 0 radical (unpaired) electrons. The number of benzene rings is 1. The van der Waals surface area contributed by atoms with Crippen molar-refractivity contribution in [2.45, 2.75) is 25.9 Å². The number of carbonyl (C=O) groups excluding carboxylic acids is 1. The summed E-state index contributed by atoms with van der Waals surface area (Å²) in [6.07, 6.45) is 2.18. The average molecular weight is 326 g/mol. The number of halogens is 1. The lowest BCUT2D eigenvalue weighted by Crippen LogP contribution is -2.41. The van der Waals surface area contributed by atoms with Crippen LogP contribution in [0.25, 0.3) is 0 Å². The van der Waals surface area contributed by atoms with Crippen molar-refractivity contribution in [2.24, 2.45) is 0 Å². The second-order valence-corrected chi connectivity index (χ2v) is 5.71. The number of nitrogens with zero attached hydrogens (tertiary/aromatic N) is 1. The van der Waals surface area contributed by atoms with E-state index in [4.69, 9.17) is 4.74 Å². The van der Waals surface area contributed by atoms with Crippen molar-refractivity contribution in [3.63, 3.8) is 0 Å². The maximum absolute atomic E-state index is 12.3. The molecule has 104 valence electrons. The Hall–Kier alpha value is -0.870. The fourth-order valence-electron chi connectivity index (χ4n) is 2.32. The topological polar surface area (TPSA) is 29.5 Å². The molecule has 0 aliphatic carbocycles. The van der Waals surface area contributed by atoms with Crippen LogP contribution >= 0.6 is 15.9 Å². The first-order valence-electron chi connectivity index (χ1n) is 6.74. The van der Waals surface area contributed by atoms with Crippen molar-refractivity contribution in [3.8, 4) is 0 Å². The van der Waals surface area contributed by atoms with Gasteiger partial charge >= 0.3 is 0 Å². The van der Waals surface area contributed by atoms with Crippen molar-refractivity contribution in [1.82, 2.24) is 4.90 Å². The summed E-state index contributed by atoms with van der Waals surface area (Å²) < 4.78 is 5.70. The molecule has 1 aliphatic heterocycles. The van der Waals surface area contributed by atoms with E-state index in [1.165, 1.54) is 5.56 Å². The van der Waals surface area contributed by atoms with Crippen LogP contribution in [0.3, 0.4) is 0 Å². The molecule has 0 spiro atoms. The Bertz CT molecular complexity index is 411. The molecule has 3 nitrogen and oxygen atoms in total. The van der Waals surface area contributed by atoms with Crippen LogP contribution in [0, 0.1) is 6.92 Å². The van der Waals surface area contributed by atoms with E-state index in [-0.39, 0.29) is 5.91 Å². The minimum absolute atomic E-state index is 0.138. The van der Waals surface area contributed by atoms with Gasteiger partial charge in [-0.25, -0.2) is 0 Å². The SMILES string of the molecule is Cc1ccc(C(=O)N2CCC(OCCBr)CC2)cc1. The summed E-state index contributed by atoms with van der Waals surface area (Å²) in [4.78, 5) is 14.2. The Balaban J connectivity index is 1.87. The molecule has 1 heterocycles. The zero-order valence-corrected chi connectivity index (χ0v) is 12.9. The molecule has 0 bridgehead atoms. The quantitative estimate of drug-likeness (QED) is 0.796. The van der Waals surface area contributed by atoms with E-state index in [9.17, 15) is 4.79 Å². The van der Waals surface area contributed by atoms with Crippen molar-refractivity contribution >= 4 is 21.8 Å². The lowest BCUT2D eigenvalue weighted by Gasteiger charge is -2.32. The summed E-state index contributed by atoms with van der Waals surface area (Å²) >= 11 is 3.36. The maximum Gasteiger partial charge on any atom is 0.253 e. The van der Waals surface area contributed by atoms with Gasteiger partial charge in [-0.15, -0.1) is 0 Å². The fraction of sp³-hybridized carbons (Fsp3) is 0.533. The van der Waals surface area contributed by atoms with Gasteiger partial charge in [0, 0.05) is 24.0 Å². The number of likely N-dealkylation sites (tertiary alicyclic amines) is 1. The molecule has 0 atom stereocenters. The van der Waals surface area contributed by atoms with Crippen molar-refractivity contribution in [2.75, 3.05) is 25.0 Å². The lowest BCUT2D eigenvalue weighted by atomic mass is 10.1. The second kappa shape index (κ2) is 7.06. The molecule has 0 unspecified atom stereocenters. The van der Waals surface area contributed by atoms with Crippen LogP contribution < -0.4 is 0 Å². The van der Waals surface area contributed by atoms with Crippen LogP contribution in [-0.4, -0.2) is 41.9 Å². The Labute approximate surface area is 123 Å². The Morgan fingerprint density at radius 1 is 1.32 bits per heavy atom. The molecule has 19 heavy (non-hydrogen) atoms. The number of carbonyl (C=O) groups is 1. The van der Waals surface area contributed by atoms with E-state index in [0.29, 0.717) is 6.10 Å². The summed E-state index contributed by atoms with van der Waals surface area (Å²) in [6, 6.07) is 7.79. The molecule has 0 N–H and O–H groups in total. The molecule has 0 aromatic heterocycles. The standard InChI is InChI=1S/C15H20BrNO2/c1-12-2-4-13(5-3-12)15(18)17-9-6-14(7-10-17)19-11-8-16/h2-5,14H,6-11H2,1H3. The van der Waals surface area contributed by atoms with Crippen LogP contribution in [0.15, 0.2) is 24.3 Å². The third kappa shape index (κ3) is 4.05. The predicted octanol–water partition coefficient (Wildman–Crippen LogP) is 3.01. The maximum atomic E-state index is 12.3. The van der Waals surface area contributed by atoms with Gasteiger partial charge in [0.15, 0.2) is 0 Å². The van der Waals surface area contributed by atoms with E-state index in [1.54, 1.807) is 0 Å². The number of aryl methyl sites for hydroxylation is 1. The number of amides is 1. The van der Waals surface area contributed by atoms with Gasteiger partial charge in [-0.3, -0.25) is 4.79 Å². The Morgan fingerprint density at radius 3 is 2.53 bits per heavy atom. The van der Waals surface area contributed by atoms with Gasteiger partial charge in [-0.1, -0.05) is 33.6 Å². The summed E-state index contributed by atoms with van der Waals surface area (Å²) in [5.74, 6) is 0.138. The number of hydrogen-bond donors (Lipinski definition) is 0. The van der Waals surface area contributed by atoms with Gasteiger partial charge in [0.2, 0.25) is 0 Å². The molecule has 1 aromatic rings. The van der Waals surface area contributed by atoms with Crippen LogP contribution in [0.2, 0.25) is 0 Å². The molecule has 4 heteroatoms. The van der Waals surface area contributed by atoms with Crippen molar-refractivity contribution in [1.29, 1.82) is 0 Å². The van der Waals surface area contributed by atoms with Gasteiger partial charge < -0.3 is 9.64 Å². The van der Waals surface area contributed by atoms with Crippen molar-refractivity contribution < 1.29 is 9.53 Å². The van der Waals surface area contributed by atoms with E-state index < -0.39 is 0 Å². The van der Waals surface area contributed by atoms with Crippen molar-refractivity contribution in [3.05, 3.63) is 35.4 Å². The highest BCUT2D eigenvalue weighted by Gasteiger charge is 2.23. The normalized spacial score (nSPS) is 16.6. The molecule has 1 aliphatic rings. The molecule has 1 fully saturated rings. The van der Waals surface area contributed by atoms with Gasteiger partial charge in [0.05, 0.1) is 12.7 Å². The largest absolute Gasteiger partial charge is 0.377 e. The molecule has 2 rings (SSSR count). The van der Waals surface area contributed by atoms with Crippen LogP contribution in [0.5, 0.6) is 0 Å². The first-order chi connectivity index (χ1) is 9.20. The Morgan fingerprint density at radius 2 is 1.95 bits per heavy atom. The van der Waals surface area contributed by atoms with Gasteiger partial charge in [0.25, 0.3) is 5.91 Å². The van der Waals surface area contributed by atoms with Gasteiger partial charge in [-0.2, -0.15) is 0 Å². The molecular weight excluding hydrogens is 306 g/mol. The Kier molecular flexibility index (Phi) is 5.40. The zero-order chi connectivity index (χ0) is 13.7. The predicted molar refractivity (Wildman–Crippen MR) is 79.9 cm³/mol. The van der Waals surface area contributed by atoms with E-state index in [2.05, 4.69) is 15.9 Å². The van der Waals surface area contributed by atoms with Crippen LogP contribution in [-0.2, 0) is 4.74 Å². The molecular formula is C15H20BrNO2. The van der Waals surface area contributed by atoms with Crippen LogP contribution in [0.4, 0.5) is 0 Å². The molecule has 1 saturated heterocycles. The smallest absolute Gasteiger partial charge is 0.253 e. The second-order valence-electron chi connectivity index (χ2n) is 4.92. The minimum Gasteiger partial charge on any atom is -0.377 e. The first kappa shape index (κ1) is 14.5. The average Bonchev–Trinajstić information content (AvgIpc) is 2.46. The number of hydrogen-bond acceptors (Lipinski definition) is 2. The van der Waals surface area contributed by atoms with E-state index >= 15 is 0 Å². The first-order valence-corrected chi connectivity index (χ1v) is 7.86. The number of alkyl halides is 1. The number of rotatable bonds is 4. The number of piperidine rings is 1. The fourth-order valence-corrected chi connectivity index (χ4v) is 2.50. The summed E-state index contributed by atoms with van der Waals surface area (Å²) in [6.45, 7) is 4.36. The highest BCUT2D eigenvalue weighted by atomic mass is 79.9. The third-order valence-corrected chi connectivity index (χ3v) is 3.78. The third-order valence-electron chi connectivity index (χ3n) is 3.46. The molecule has 1 aromatic carbocycles. The molecule has 1 amide bonds. The van der Waals surface area contributed by atoms with E-state index in [1.807, 2.05) is 36.1 Å². The van der Waals surface area contributed by atoms with E-state index in [0.717, 1.165) is 43.4 Å². The highest BCUT2D eigenvalue weighted by molar-refractivity contribution is 9.09. The van der Waals surface area contributed by atoms with Gasteiger partial charge in [-0.05, 0) is 31.9 Å². The van der Waals surface area contributed by atoms with Crippen LogP contribution in [0.1, 0.15) is 28.8 Å². The summed E-state index contributed by atoms with van der Waals surface area (Å²) in [5.41, 5.74) is 1.96. The summed E-state index contributed by atoms with van der Waals surface area (Å²) in [5, 5.41) is 0.871. The number of ether oxygens (including phenoxy) is 1. The molecule has 0 saturated carbocycles. The monoisotopic (exact) mass is 325 g/mol. The highest BCUT2D eigenvalue weighted by Crippen LogP contribution is 2.16. The summed E-state index contributed by atoms with van der Waals surface area (Å²) in [7, 11) is 0. The van der Waals surface area contributed by atoms with Gasteiger partial charge in [0.1, 0.15) is 0 Å². The zero-order valence-electron chi connectivity index (χ0n) is 11.3. The minimum atomic E-state index is 0.138.